The van der Waals surface area contributed by atoms with E-state index in [9.17, 15) is 5.11 Å². The number of rotatable bonds is 3. The topological polar surface area (TPSA) is 84.0 Å². The van der Waals surface area contributed by atoms with Gasteiger partial charge in [0.05, 0.1) is 23.8 Å². The minimum absolute atomic E-state index is 0.505. The van der Waals surface area contributed by atoms with Crippen molar-refractivity contribution in [2.75, 3.05) is 0 Å². The van der Waals surface area contributed by atoms with Gasteiger partial charge in [-0.3, -0.25) is 4.40 Å². The molecule has 8 heteroatoms. The molecule has 1 aromatic carbocycles. The van der Waals surface area contributed by atoms with Crippen LogP contribution < -0.4 is 0 Å². The minimum Gasteiger partial charge on any atom is -0.380 e. The van der Waals surface area contributed by atoms with E-state index in [0.717, 1.165) is 32.0 Å². The number of hydrogen-bond acceptors (Lipinski definition) is 5. The first-order valence-electron chi connectivity index (χ1n) is 7.80. The number of aromatic amines is 1. The van der Waals surface area contributed by atoms with Crippen LogP contribution in [-0.2, 0) is 0 Å². The van der Waals surface area contributed by atoms with Crippen LogP contribution in [0.5, 0.6) is 0 Å². The summed E-state index contributed by atoms with van der Waals surface area (Å²) in [4.78, 5) is 9.33. The Morgan fingerprint density at radius 1 is 1.28 bits per heavy atom. The third-order valence-electron chi connectivity index (χ3n) is 4.33. The molecule has 0 bridgehead atoms. The number of thiazole rings is 1. The predicted octanol–water partition coefficient (Wildman–Crippen LogP) is 2.85. The molecule has 0 fully saturated rings. The SMILES string of the molecule is Cc1sc2cncn2c1C(O)c1cn(-c2ccc3[nH]ccc3c2)nn1. The lowest BCUT2D eigenvalue weighted by Gasteiger charge is -2.07. The fourth-order valence-corrected chi connectivity index (χ4v) is 4.08. The van der Waals surface area contributed by atoms with Crippen molar-refractivity contribution in [1.29, 1.82) is 0 Å². The standard InChI is InChI=1S/C17H14N6OS/c1-10-16(22-9-18-7-15(22)25-10)17(24)14-8-23(21-20-14)12-2-3-13-11(6-12)4-5-19-13/h2-9,17,19,24H,1H3. The summed E-state index contributed by atoms with van der Waals surface area (Å²) in [6.45, 7) is 1.99. The number of aromatic nitrogens is 6. The van der Waals surface area contributed by atoms with Crippen LogP contribution in [0, 0.1) is 6.92 Å². The molecule has 0 saturated carbocycles. The lowest BCUT2D eigenvalue weighted by Crippen LogP contribution is -2.05. The largest absolute Gasteiger partial charge is 0.380 e. The van der Waals surface area contributed by atoms with Crippen molar-refractivity contribution >= 4 is 27.1 Å². The zero-order chi connectivity index (χ0) is 17.0. The summed E-state index contributed by atoms with van der Waals surface area (Å²) < 4.78 is 3.58. The van der Waals surface area contributed by atoms with Crippen LogP contribution in [0.25, 0.3) is 21.4 Å². The quantitative estimate of drug-likeness (QED) is 0.524. The smallest absolute Gasteiger partial charge is 0.141 e. The summed E-state index contributed by atoms with van der Waals surface area (Å²) in [6, 6.07) is 8.00. The van der Waals surface area contributed by atoms with Crippen LogP contribution in [0.15, 0.2) is 49.2 Å². The Morgan fingerprint density at radius 2 is 2.20 bits per heavy atom. The maximum Gasteiger partial charge on any atom is 0.141 e. The second-order valence-electron chi connectivity index (χ2n) is 5.89. The second-order valence-corrected chi connectivity index (χ2v) is 7.12. The molecule has 4 aromatic heterocycles. The molecule has 1 atom stereocenters. The molecular weight excluding hydrogens is 336 g/mol. The number of benzene rings is 1. The van der Waals surface area contributed by atoms with Crippen LogP contribution in [0.3, 0.4) is 0 Å². The third-order valence-corrected chi connectivity index (χ3v) is 5.36. The fourth-order valence-electron chi connectivity index (χ4n) is 3.09. The third kappa shape index (κ3) is 2.19. The van der Waals surface area contributed by atoms with Crippen LogP contribution in [-0.4, -0.2) is 34.5 Å². The first-order valence-corrected chi connectivity index (χ1v) is 8.61. The molecule has 7 nitrogen and oxygen atoms in total. The lowest BCUT2D eigenvalue weighted by atomic mass is 10.2. The molecular formula is C17H14N6OS. The van der Waals surface area contributed by atoms with Gasteiger partial charge in [-0.2, -0.15) is 0 Å². The van der Waals surface area contributed by atoms with E-state index >= 15 is 0 Å². The zero-order valence-electron chi connectivity index (χ0n) is 13.3. The van der Waals surface area contributed by atoms with Crippen molar-refractivity contribution in [1.82, 2.24) is 29.4 Å². The van der Waals surface area contributed by atoms with Crippen molar-refractivity contribution in [2.45, 2.75) is 13.0 Å². The highest BCUT2D eigenvalue weighted by atomic mass is 32.1. The van der Waals surface area contributed by atoms with Crippen LogP contribution in [0.4, 0.5) is 0 Å². The van der Waals surface area contributed by atoms with Gasteiger partial charge in [0.15, 0.2) is 0 Å². The molecule has 5 aromatic rings. The highest BCUT2D eigenvalue weighted by Crippen LogP contribution is 2.30. The van der Waals surface area contributed by atoms with Crippen LogP contribution in [0.1, 0.15) is 22.4 Å². The highest BCUT2D eigenvalue weighted by molar-refractivity contribution is 7.17. The second kappa shape index (κ2) is 5.27. The van der Waals surface area contributed by atoms with Gasteiger partial charge < -0.3 is 10.1 Å². The Hall–Kier alpha value is -2.97. The van der Waals surface area contributed by atoms with Crippen molar-refractivity contribution in [3.8, 4) is 5.69 Å². The van der Waals surface area contributed by atoms with Gasteiger partial charge in [0.25, 0.3) is 0 Å². The van der Waals surface area contributed by atoms with Gasteiger partial charge in [-0.15, -0.1) is 16.4 Å². The Morgan fingerprint density at radius 3 is 3.12 bits per heavy atom. The van der Waals surface area contributed by atoms with E-state index in [2.05, 4.69) is 20.3 Å². The average Bonchev–Trinajstić information content (AvgIpc) is 3.37. The van der Waals surface area contributed by atoms with Gasteiger partial charge >= 0.3 is 0 Å². The van der Waals surface area contributed by atoms with Gasteiger partial charge in [0, 0.05) is 22.0 Å². The summed E-state index contributed by atoms with van der Waals surface area (Å²) in [5.74, 6) is 0. The van der Waals surface area contributed by atoms with E-state index in [0.29, 0.717) is 5.69 Å². The monoisotopic (exact) mass is 350 g/mol. The summed E-state index contributed by atoms with van der Waals surface area (Å²) in [5.41, 5.74) is 3.25. The molecule has 0 aliphatic rings. The number of hydrogen-bond donors (Lipinski definition) is 2. The Kier molecular flexibility index (Phi) is 3.03. The maximum atomic E-state index is 10.8. The van der Waals surface area contributed by atoms with Gasteiger partial charge in [0.2, 0.25) is 0 Å². The van der Waals surface area contributed by atoms with E-state index in [1.165, 1.54) is 0 Å². The van der Waals surface area contributed by atoms with Crippen molar-refractivity contribution < 1.29 is 5.11 Å². The van der Waals surface area contributed by atoms with Gasteiger partial charge in [-0.1, -0.05) is 5.21 Å². The average molecular weight is 350 g/mol. The van der Waals surface area contributed by atoms with Gasteiger partial charge in [0.1, 0.15) is 23.0 Å². The number of nitrogens with zero attached hydrogens (tertiary/aromatic N) is 5. The van der Waals surface area contributed by atoms with Gasteiger partial charge in [-0.25, -0.2) is 9.67 Å². The minimum atomic E-state index is -0.854. The molecule has 124 valence electrons. The molecule has 25 heavy (non-hydrogen) atoms. The number of H-pyrrole nitrogens is 1. The predicted molar refractivity (Wildman–Crippen MR) is 95.1 cm³/mol. The Bertz CT molecular complexity index is 1200. The molecule has 1 unspecified atom stereocenters. The molecule has 0 aliphatic carbocycles. The molecule has 5 rings (SSSR count). The highest BCUT2D eigenvalue weighted by Gasteiger charge is 2.22. The van der Waals surface area contributed by atoms with Crippen molar-refractivity contribution in [3.05, 3.63) is 65.4 Å². The molecule has 0 radical (unpaired) electrons. The zero-order valence-corrected chi connectivity index (χ0v) is 14.1. The number of imidazole rings is 1. The van der Waals surface area contributed by atoms with E-state index in [1.54, 1.807) is 34.7 Å². The summed E-state index contributed by atoms with van der Waals surface area (Å²) >= 11 is 1.60. The fraction of sp³-hybridized carbons (Fsp3) is 0.118. The number of fused-ring (bicyclic) bond motifs is 2. The molecule has 4 heterocycles. The van der Waals surface area contributed by atoms with E-state index in [-0.39, 0.29) is 0 Å². The first kappa shape index (κ1) is 14.4. The van der Waals surface area contributed by atoms with E-state index in [1.807, 2.05) is 41.8 Å². The van der Waals surface area contributed by atoms with Crippen molar-refractivity contribution in [3.63, 3.8) is 0 Å². The van der Waals surface area contributed by atoms with E-state index in [4.69, 9.17) is 0 Å². The number of aliphatic hydroxyl groups excluding tert-OH is 1. The van der Waals surface area contributed by atoms with Crippen LogP contribution in [0.2, 0.25) is 0 Å². The Labute approximate surface area is 146 Å². The normalized spacial score (nSPS) is 13.0. The van der Waals surface area contributed by atoms with Crippen molar-refractivity contribution in [2.24, 2.45) is 0 Å². The molecule has 0 amide bonds. The van der Waals surface area contributed by atoms with E-state index < -0.39 is 6.10 Å². The summed E-state index contributed by atoms with van der Waals surface area (Å²) in [5, 5.41) is 20.3. The maximum absolute atomic E-state index is 10.8. The number of aryl methyl sites for hydroxylation is 1. The summed E-state index contributed by atoms with van der Waals surface area (Å²) in [6.07, 6.45) is 6.31. The number of nitrogens with one attached hydrogen (secondary N) is 1. The first-order chi connectivity index (χ1) is 12.2. The number of aliphatic hydroxyl groups is 1. The lowest BCUT2D eigenvalue weighted by molar-refractivity contribution is 0.208. The Balaban J connectivity index is 1.55. The van der Waals surface area contributed by atoms with Gasteiger partial charge in [-0.05, 0) is 31.2 Å². The molecule has 0 spiro atoms. The molecule has 0 aliphatic heterocycles. The molecule has 2 N–H and O–H groups in total. The molecule has 0 saturated heterocycles. The van der Waals surface area contributed by atoms with Crippen LogP contribution >= 0.6 is 11.3 Å². The summed E-state index contributed by atoms with van der Waals surface area (Å²) in [7, 11) is 0.